The van der Waals surface area contributed by atoms with E-state index in [1.807, 2.05) is 0 Å². The molecule has 0 spiro atoms. The average Bonchev–Trinajstić information content (AvgIpc) is 2.37. The lowest BCUT2D eigenvalue weighted by atomic mass is 10.3. The molecule has 1 N–H and O–H groups in total. The van der Waals surface area contributed by atoms with Gasteiger partial charge < -0.3 is 0 Å². The Morgan fingerprint density at radius 2 is 1.81 bits per heavy atom. The lowest BCUT2D eigenvalue weighted by Crippen LogP contribution is -2.14. The van der Waals surface area contributed by atoms with E-state index in [2.05, 4.69) is 25.6 Å². The Morgan fingerprint density at radius 1 is 1.14 bits per heavy atom. The van der Waals surface area contributed by atoms with E-state index in [1.165, 1.54) is 0 Å². The van der Waals surface area contributed by atoms with Crippen LogP contribution in [0.2, 0.25) is 15.2 Å². The Bertz CT molecular complexity index is 794. The maximum atomic E-state index is 13.1. The summed E-state index contributed by atoms with van der Waals surface area (Å²) in [5, 5.41) is -0.126. The van der Waals surface area contributed by atoms with E-state index >= 15 is 0 Å². The van der Waals surface area contributed by atoms with Crippen molar-refractivity contribution in [2.24, 2.45) is 0 Å². The molecule has 2 aromatic rings. The van der Waals surface area contributed by atoms with Crippen LogP contribution in [0.4, 0.5) is 10.1 Å². The molecule has 112 valence electrons. The fourth-order valence-electron chi connectivity index (χ4n) is 1.38. The number of nitrogens with one attached hydrogen (secondary N) is 1. The molecule has 1 aromatic carbocycles. The lowest BCUT2D eigenvalue weighted by Gasteiger charge is -2.11. The van der Waals surface area contributed by atoms with Crippen LogP contribution in [0.15, 0.2) is 33.8 Å². The Balaban J connectivity index is 2.44. The highest BCUT2D eigenvalue weighted by molar-refractivity contribution is 9.10. The van der Waals surface area contributed by atoms with Crippen molar-refractivity contribution in [3.8, 4) is 0 Å². The molecule has 0 aliphatic rings. The number of rotatable bonds is 3. The normalized spacial score (nSPS) is 11.5. The number of aromatic nitrogens is 1. The molecule has 0 saturated carbocycles. The fraction of sp³-hybridized carbons (Fsp3) is 0. The van der Waals surface area contributed by atoms with Gasteiger partial charge >= 0.3 is 0 Å². The van der Waals surface area contributed by atoms with E-state index in [1.54, 1.807) is 0 Å². The SMILES string of the molecule is O=S(=O)(Nc1c(Cl)cc(F)cc1Br)c1cnc(Cl)c(Cl)c1. The van der Waals surface area contributed by atoms with Gasteiger partial charge in [-0.15, -0.1) is 0 Å². The van der Waals surface area contributed by atoms with Gasteiger partial charge in [-0.1, -0.05) is 34.8 Å². The third-order valence-corrected chi connectivity index (χ3v) is 5.25. The quantitative estimate of drug-likeness (QED) is 0.710. The van der Waals surface area contributed by atoms with Crippen LogP contribution in [0.1, 0.15) is 0 Å². The molecule has 0 aliphatic carbocycles. The summed E-state index contributed by atoms with van der Waals surface area (Å²) in [5.41, 5.74) is 0.00383. The smallest absolute Gasteiger partial charge is 0.263 e. The van der Waals surface area contributed by atoms with Crippen LogP contribution < -0.4 is 4.72 Å². The minimum atomic E-state index is -4.00. The van der Waals surface area contributed by atoms with E-state index < -0.39 is 15.8 Å². The van der Waals surface area contributed by atoms with E-state index in [4.69, 9.17) is 34.8 Å². The summed E-state index contributed by atoms with van der Waals surface area (Å²) in [5.74, 6) is -0.606. The molecule has 0 saturated heterocycles. The standard InChI is InChI=1S/C11H5BrCl3FN2O2S/c12-7-1-5(16)2-8(13)10(7)18-21(19,20)6-3-9(14)11(15)17-4-6/h1-4,18H. The second-order valence-electron chi connectivity index (χ2n) is 3.79. The van der Waals surface area contributed by atoms with Crippen LogP contribution >= 0.6 is 50.7 Å². The van der Waals surface area contributed by atoms with Gasteiger partial charge in [-0.2, -0.15) is 0 Å². The van der Waals surface area contributed by atoms with Crippen LogP contribution in [0, 0.1) is 5.82 Å². The first-order valence-corrected chi connectivity index (χ1v) is 8.60. The number of sulfonamides is 1. The third kappa shape index (κ3) is 3.78. The van der Waals surface area contributed by atoms with Gasteiger partial charge in [0.25, 0.3) is 10.0 Å². The van der Waals surface area contributed by atoms with Crippen LogP contribution in [-0.2, 0) is 10.0 Å². The lowest BCUT2D eigenvalue weighted by molar-refractivity contribution is 0.600. The minimum Gasteiger partial charge on any atom is -0.277 e. The first kappa shape index (κ1) is 16.8. The molecular formula is C11H5BrCl3FN2O2S. The fourth-order valence-corrected chi connectivity index (χ4v) is 3.88. The molecule has 21 heavy (non-hydrogen) atoms. The first-order chi connectivity index (χ1) is 9.70. The summed E-state index contributed by atoms with van der Waals surface area (Å²) >= 11 is 20.2. The van der Waals surface area contributed by atoms with Crippen molar-refractivity contribution >= 4 is 66.4 Å². The van der Waals surface area contributed by atoms with Gasteiger partial charge in [-0.25, -0.2) is 17.8 Å². The van der Waals surface area contributed by atoms with Crippen molar-refractivity contribution in [1.82, 2.24) is 4.98 Å². The molecule has 0 unspecified atom stereocenters. The summed E-state index contributed by atoms with van der Waals surface area (Å²) in [4.78, 5) is 3.45. The molecule has 0 aliphatic heterocycles. The number of hydrogen-bond donors (Lipinski definition) is 1. The molecule has 4 nitrogen and oxygen atoms in total. The monoisotopic (exact) mass is 432 g/mol. The van der Waals surface area contributed by atoms with Crippen LogP contribution in [-0.4, -0.2) is 13.4 Å². The Kier molecular flexibility index (Phi) is 4.99. The number of halogens is 5. The van der Waals surface area contributed by atoms with Crippen molar-refractivity contribution in [3.05, 3.63) is 49.9 Å². The average molecular weight is 435 g/mol. The molecule has 2 rings (SSSR count). The summed E-state index contributed by atoms with van der Waals surface area (Å²) in [6, 6.07) is 3.21. The Hall–Kier alpha value is -0.600. The predicted octanol–water partition coefficient (Wildman–Crippen LogP) is 4.74. The van der Waals surface area contributed by atoms with Crippen molar-refractivity contribution < 1.29 is 12.8 Å². The highest BCUT2D eigenvalue weighted by Gasteiger charge is 2.20. The maximum Gasteiger partial charge on any atom is 0.263 e. The van der Waals surface area contributed by atoms with Crippen molar-refractivity contribution in [2.75, 3.05) is 4.72 Å². The summed E-state index contributed by atoms with van der Waals surface area (Å²) in [6.07, 6.45) is 1.04. The molecule has 0 bridgehead atoms. The molecule has 1 heterocycles. The van der Waals surface area contributed by atoms with Gasteiger partial charge in [0.1, 0.15) is 15.9 Å². The predicted molar refractivity (Wildman–Crippen MR) is 84.2 cm³/mol. The molecular weight excluding hydrogens is 429 g/mol. The zero-order valence-corrected chi connectivity index (χ0v) is 14.5. The van der Waals surface area contributed by atoms with Gasteiger partial charge in [0, 0.05) is 10.7 Å². The van der Waals surface area contributed by atoms with Crippen LogP contribution in [0.5, 0.6) is 0 Å². The molecule has 0 amide bonds. The van der Waals surface area contributed by atoms with Gasteiger partial charge in [0.2, 0.25) is 0 Å². The van der Waals surface area contributed by atoms with Crippen molar-refractivity contribution in [1.29, 1.82) is 0 Å². The van der Waals surface area contributed by atoms with Crippen molar-refractivity contribution in [3.63, 3.8) is 0 Å². The van der Waals surface area contributed by atoms with Gasteiger partial charge in [0.15, 0.2) is 0 Å². The maximum absolute atomic E-state index is 13.1. The third-order valence-electron chi connectivity index (χ3n) is 2.32. The molecule has 0 atom stereocenters. The van der Waals surface area contributed by atoms with Crippen LogP contribution in [0.3, 0.4) is 0 Å². The Morgan fingerprint density at radius 3 is 2.38 bits per heavy atom. The van der Waals surface area contributed by atoms with Crippen molar-refractivity contribution in [2.45, 2.75) is 4.90 Å². The largest absolute Gasteiger partial charge is 0.277 e. The van der Waals surface area contributed by atoms with E-state index in [0.717, 1.165) is 24.4 Å². The minimum absolute atomic E-state index is 0.00383. The molecule has 10 heteroatoms. The zero-order valence-electron chi connectivity index (χ0n) is 9.87. The second-order valence-corrected chi connectivity index (χ2v) is 7.50. The highest BCUT2D eigenvalue weighted by Crippen LogP contribution is 2.33. The zero-order chi connectivity index (χ0) is 15.8. The Labute approximate surface area is 143 Å². The molecule has 0 radical (unpaired) electrons. The molecule has 1 aromatic heterocycles. The summed E-state index contributed by atoms with van der Waals surface area (Å²) < 4.78 is 40.0. The first-order valence-electron chi connectivity index (χ1n) is 5.19. The second kappa shape index (κ2) is 6.26. The van der Waals surface area contributed by atoms with Gasteiger partial charge in [-0.05, 0) is 34.1 Å². The number of hydrogen-bond acceptors (Lipinski definition) is 3. The summed E-state index contributed by atoms with van der Waals surface area (Å²) in [6.45, 7) is 0. The number of nitrogens with zero attached hydrogens (tertiary/aromatic N) is 1. The van der Waals surface area contributed by atoms with Crippen LogP contribution in [0.25, 0.3) is 0 Å². The van der Waals surface area contributed by atoms with E-state index in [-0.39, 0.29) is 30.3 Å². The van der Waals surface area contributed by atoms with Gasteiger partial charge in [-0.3, -0.25) is 4.72 Å². The van der Waals surface area contributed by atoms with E-state index in [0.29, 0.717) is 0 Å². The number of pyridine rings is 1. The highest BCUT2D eigenvalue weighted by atomic mass is 79.9. The van der Waals surface area contributed by atoms with Gasteiger partial charge in [0.05, 0.1) is 15.7 Å². The summed E-state index contributed by atoms with van der Waals surface area (Å²) in [7, 11) is -4.00. The number of anilines is 1. The molecule has 0 fully saturated rings. The van der Waals surface area contributed by atoms with E-state index in [9.17, 15) is 12.8 Å². The number of benzene rings is 1. The topological polar surface area (TPSA) is 59.1 Å².